The van der Waals surface area contributed by atoms with Crippen LogP contribution in [0.5, 0.6) is 0 Å². The van der Waals surface area contributed by atoms with Crippen molar-refractivity contribution in [1.29, 1.82) is 0 Å². The van der Waals surface area contributed by atoms with Gasteiger partial charge in [-0.15, -0.1) is 0 Å². The standard InChI is InChI=1S/C12H17N3O2/c1-13-9-3-4-11(14-7-9)12(16)15(2)10-5-6-17-8-10/h3-4,7,10,13H,5-6,8H2,1-2H3. The first kappa shape index (κ1) is 11.9. The fourth-order valence-electron chi connectivity index (χ4n) is 1.84. The number of carbonyl (C=O) groups is 1. The Bertz CT molecular complexity index is 385. The van der Waals surface area contributed by atoms with Gasteiger partial charge in [-0.1, -0.05) is 0 Å². The Morgan fingerprint density at radius 2 is 2.41 bits per heavy atom. The summed E-state index contributed by atoms with van der Waals surface area (Å²) < 4.78 is 5.28. The smallest absolute Gasteiger partial charge is 0.272 e. The number of amides is 1. The lowest BCUT2D eigenvalue weighted by Gasteiger charge is -2.22. The minimum absolute atomic E-state index is 0.0526. The molecule has 92 valence electrons. The van der Waals surface area contributed by atoms with Crippen molar-refractivity contribution in [2.24, 2.45) is 0 Å². The molecule has 0 aromatic carbocycles. The molecule has 1 aliphatic rings. The zero-order chi connectivity index (χ0) is 12.3. The van der Waals surface area contributed by atoms with Gasteiger partial charge in [-0.3, -0.25) is 4.79 Å². The van der Waals surface area contributed by atoms with Crippen molar-refractivity contribution in [1.82, 2.24) is 9.88 Å². The van der Waals surface area contributed by atoms with Crippen molar-refractivity contribution in [3.05, 3.63) is 24.0 Å². The number of nitrogens with zero attached hydrogens (tertiary/aromatic N) is 2. The van der Waals surface area contributed by atoms with Gasteiger partial charge in [0.25, 0.3) is 5.91 Å². The Hall–Kier alpha value is -1.62. The van der Waals surface area contributed by atoms with Gasteiger partial charge < -0.3 is 15.0 Å². The molecule has 17 heavy (non-hydrogen) atoms. The fraction of sp³-hybridized carbons (Fsp3) is 0.500. The average Bonchev–Trinajstić information content (AvgIpc) is 2.91. The maximum atomic E-state index is 12.1. The number of rotatable bonds is 3. The van der Waals surface area contributed by atoms with E-state index in [-0.39, 0.29) is 11.9 Å². The normalized spacial score (nSPS) is 19.1. The molecule has 1 unspecified atom stereocenters. The van der Waals surface area contributed by atoms with Crippen LogP contribution in [0, 0.1) is 0 Å². The summed E-state index contributed by atoms with van der Waals surface area (Å²) in [6, 6.07) is 3.76. The summed E-state index contributed by atoms with van der Waals surface area (Å²) >= 11 is 0. The molecule has 1 N–H and O–H groups in total. The monoisotopic (exact) mass is 235 g/mol. The first-order chi connectivity index (χ1) is 8.22. The lowest BCUT2D eigenvalue weighted by molar-refractivity contribution is 0.0705. The third kappa shape index (κ3) is 2.55. The van der Waals surface area contributed by atoms with Crippen LogP contribution in [0.2, 0.25) is 0 Å². The SMILES string of the molecule is CNc1ccc(C(=O)N(C)C2CCOC2)nc1. The van der Waals surface area contributed by atoms with E-state index >= 15 is 0 Å². The van der Waals surface area contributed by atoms with Crippen molar-refractivity contribution in [3.63, 3.8) is 0 Å². The van der Waals surface area contributed by atoms with Gasteiger partial charge >= 0.3 is 0 Å². The highest BCUT2D eigenvalue weighted by atomic mass is 16.5. The number of hydrogen-bond acceptors (Lipinski definition) is 4. The lowest BCUT2D eigenvalue weighted by atomic mass is 10.2. The van der Waals surface area contributed by atoms with Crippen LogP contribution in [0.15, 0.2) is 18.3 Å². The number of carbonyl (C=O) groups excluding carboxylic acids is 1. The van der Waals surface area contributed by atoms with E-state index in [0.29, 0.717) is 12.3 Å². The average molecular weight is 235 g/mol. The highest BCUT2D eigenvalue weighted by molar-refractivity contribution is 5.92. The molecule has 0 bridgehead atoms. The van der Waals surface area contributed by atoms with E-state index in [9.17, 15) is 4.79 Å². The lowest BCUT2D eigenvalue weighted by Crippen LogP contribution is -2.37. The quantitative estimate of drug-likeness (QED) is 0.848. The minimum Gasteiger partial charge on any atom is -0.387 e. The fourth-order valence-corrected chi connectivity index (χ4v) is 1.84. The van der Waals surface area contributed by atoms with E-state index < -0.39 is 0 Å². The highest BCUT2D eigenvalue weighted by Gasteiger charge is 2.25. The van der Waals surface area contributed by atoms with Crippen LogP contribution in [0.1, 0.15) is 16.9 Å². The molecular weight excluding hydrogens is 218 g/mol. The summed E-state index contributed by atoms with van der Waals surface area (Å²) in [5, 5.41) is 2.97. The number of hydrogen-bond donors (Lipinski definition) is 1. The summed E-state index contributed by atoms with van der Waals surface area (Å²) in [5.41, 5.74) is 1.37. The molecule has 5 heteroatoms. The molecule has 1 saturated heterocycles. The largest absolute Gasteiger partial charge is 0.387 e. The second-order valence-electron chi connectivity index (χ2n) is 4.12. The van der Waals surface area contributed by atoms with Gasteiger partial charge in [0.2, 0.25) is 0 Å². The number of nitrogens with one attached hydrogen (secondary N) is 1. The molecule has 1 fully saturated rings. The molecule has 0 saturated carbocycles. The van der Waals surface area contributed by atoms with Gasteiger partial charge in [0.1, 0.15) is 5.69 Å². The van der Waals surface area contributed by atoms with Crippen molar-refractivity contribution in [2.45, 2.75) is 12.5 Å². The number of pyridine rings is 1. The number of likely N-dealkylation sites (N-methyl/N-ethyl adjacent to an activating group) is 1. The van der Waals surface area contributed by atoms with E-state index in [1.54, 1.807) is 24.2 Å². The van der Waals surface area contributed by atoms with Gasteiger partial charge in [-0.05, 0) is 18.6 Å². The molecule has 1 amide bonds. The number of aromatic nitrogens is 1. The third-order valence-electron chi connectivity index (χ3n) is 3.04. The van der Waals surface area contributed by atoms with Gasteiger partial charge in [0.05, 0.1) is 24.5 Å². The van der Waals surface area contributed by atoms with E-state index in [4.69, 9.17) is 4.74 Å². The third-order valence-corrected chi connectivity index (χ3v) is 3.04. The van der Waals surface area contributed by atoms with Crippen LogP contribution in [0.25, 0.3) is 0 Å². The van der Waals surface area contributed by atoms with Gasteiger partial charge in [0.15, 0.2) is 0 Å². The first-order valence-corrected chi connectivity index (χ1v) is 5.71. The Balaban J connectivity index is 2.07. The molecule has 1 atom stereocenters. The summed E-state index contributed by atoms with van der Waals surface area (Å²) in [7, 11) is 3.62. The van der Waals surface area contributed by atoms with Gasteiger partial charge in [0, 0.05) is 20.7 Å². The molecule has 5 nitrogen and oxygen atoms in total. The summed E-state index contributed by atoms with van der Waals surface area (Å²) in [6.45, 7) is 1.35. The van der Waals surface area contributed by atoms with Crippen LogP contribution in [0.4, 0.5) is 5.69 Å². The molecule has 1 aromatic rings. The maximum absolute atomic E-state index is 12.1. The van der Waals surface area contributed by atoms with Crippen molar-refractivity contribution >= 4 is 11.6 Å². The zero-order valence-corrected chi connectivity index (χ0v) is 10.1. The number of anilines is 1. The second-order valence-corrected chi connectivity index (χ2v) is 4.12. The predicted octanol–water partition coefficient (Wildman–Crippen LogP) is 0.984. The Kier molecular flexibility index (Phi) is 3.58. The first-order valence-electron chi connectivity index (χ1n) is 5.71. The molecule has 1 aromatic heterocycles. The number of ether oxygens (including phenoxy) is 1. The highest BCUT2D eigenvalue weighted by Crippen LogP contribution is 2.14. The second kappa shape index (κ2) is 5.14. The van der Waals surface area contributed by atoms with E-state index in [1.165, 1.54) is 0 Å². The Labute approximate surface area is 101 Å². The van der Waals surface area contributed by atoms with Crippen LogP contribution in [-0.2, 0) is 4.74 Å². The van der Waals surface area contributed by atoms with Crippen molar-refractivity contribution in [2.75, 3.05) is 32.6 Å². The molecule has 0 spiro atoms. The molecule has 2 heterocycles. The zero-order valence-electron chi connectivity index (χ0n) is 10.1. The van der Waals surface area contributed by atoms with Gasteiger partial charge in [-0.25, -0.2) is 4.98 Å². The maximum Gasteiger partial charge on any atom is 0.272 e. The van der Waals surface area contributed by atoms with Crippen molar-refractivity contribution in [3.8, 4) is 0 Å². The molecule has 2 rings (SSSR count). The molecule has 1 aliphatic heterocycles. The Morgan fingerprint density at radius 1 is 1.59 bits per heavy atom. The van der Waals surface area contributed by atoms with Crippen LogP contribution in [0.3, 0.4) is 0 Å². The van der Waals surface area contributed by atoms with Crippen LogP contribution >= 0.6 is 0 Å². The minimum atomic E-state index is -0.0526. The summed E-state index contributed by atoms with van der Waals surface area (Å²) in [5.74, 6) is -0.0526. The summed E-state index contributed by atoms with van der Waals surface area (Å²) in [4.78, 5) is 18.0. The predicted molar refractivity (Wildman–Crippen MR) is 65.1 cm³/mol. The topological polar surface area (TPSA) is 54.5 Å². The summed E-state index contributed by atoms with van der Waals surface area (Å²) in [6.07, 6.45) is 2.56. The van der Waals surface area contributed by atoms with Gasteiger partial charge in [-0.2, -0.15) is 0 Å². The van der Waals surface area contributed by atoms with Crippen molar-refractivity contribution < 1.29 is 9.53 Å². The van der Waals surface area contributed by atoms with E-state index in [2.05, 4.69) is 10.3 Å². The van der Waals surface area contributed by atoms with E-state index in [1.807, 2.05) is 13.1 Å². The molecule has 0 aliphatic carbocycles. The van der Waals surface area contributed by atoms with Crippen LogP contribution in [-0.4, -0.2) is 49.1 Å². The van der Waals surface area contributed by atoms with Crippen LogP contribution < -0.4 is 5.32 Å². The Morgan fingerprint density at radius 3 is 2.94 bits per heavy atom. The molecular formula is C12H17N3O2. The molecule has 0 radical (unpaired) electrons. The van der Waals surface area contributed by atoms with E-state index in [0.717, 1.165) is 18.7 Å².